The van der Waals surface area contributed by atoms with E-state index in [1.54, 1.807) is 12.1 Å². The number of aryl methyl sites for hydroxylation is 1. The van der Waals surface area contributed by atoms with Crippen LogP contribution < -0.4 is 5.32 Å². The van der Waals surface area contributed by atoms with Gasteiger partial charge in [-0.15, -0.1) is 11.3 Å². The summed E-state index contributed by atoms with van der Waals surface area (Å²) in [6, 6.07) is 6.54. The maximum Gasteiger partial charge on any atom is 0.335 e. The summed E-state index contributed by atoms with van der Waals surface area (Å²) in [5, 5.41) is 6.25. The first-order valence-corrected chi connectivity index (χ1v) is 6.88. The SMILES string of the molecule is COC(=O)C(Nc1cccc(Cl)c1)c1nc(C)cs1. The number of hydrogen-bond donors (Lipinski definition) is 1. The summed E-state index contributed by atoms with van der Waals surface area (Å²) in [6.45, 7) is 1.88. The van der Waals surface area contributed by atoms with Crippen LogP contribution in [0.1, 0.15) is 16.7 Å². The maximum absolute atomic E-state index is 11.9. The van der Waals surface area contributed by atoms with Crippen LogP contribution in [0.3, 0.4) is 0 Å². The lowest BCUT2D eigenvalue weighted by Crippen LogP contribution is -2.22. The van der Waals surface area contributed by atoms with Crippen molar-refractivity contribution in [3.63, 3.8) is 0 Å². The Balaban J connectivity index is 2.26. The molecule has 0 aliphatic carbocycles. The van der Waals surface area contributed by atoms with Gasteiger partial charge in [-0.25, -0.2) is 9.78 Å². The Morgan fingerprint density at radius 2 is 2.32 bits per heavy atom. The van der Waals surface area contributed by atoms with Crippen LogP contribution in [0.4, 0.5) is 5.69 Å². The van der Waals surface area contributed by atoms with Gasteiger partial charge in [0.1, 0.15) is 5.01 Å². The zero-order valence-corrected chi connectivity index (χ0v) is 12.1. The minimum absolute atomic E-state index is 0.380. The molecular formula is C13H13ClN2O2S. The molecule has 1 aromatic heterocycles. The van der Waals surface area contributed by atoms with Crippen molar-refractivity contribution in [3.05, 3.63) is 45.4 Å². The molecule has 0 bridgehead atoms. The Bertz CT molecular complexity index is 586. The van der Waals surface area contributed by atoms with E-state index in [1.807, 2.05) is 24.4 Å². The average Bonchev–Trinajstić information content (AvgIpc) is 2.81. The third kappa shape index (κ3) is 3.45. The number of nitrogens with zero attached hydrogens (tertiary/aromatic N) is 1. The van der Waals surface area contributed by atoms with Gasteiger partial charge in [-0.1, -0.05) is 17.7 Å². The lowest BCUT2D eigenvalue weighted by Gasteiger charge is -2.15. The molecule has 2 aromatic rings. The van der Waals surface area contributed by atoms with Gasteiger partial charge in [-0.3, -0.25) is 0 Å². The average molecular weight is 297 g/mol. The van der Waals surface area contributed by atoms with Crippen molar-refractivity contribution in [1.29, 1.82) is 0 Å². The number of hydrogen-bond acceptors (Lipinski definition) is 5. The van der Waals surface area contributed by atoms with E-state index in [4.69, 9.17) is 16.3 Å². The molecule has 0 saturated heterocycles. The number of nitrogens with one attached hydrogen (secondary N) is 1. The highest BCUT2D eigenvalue weighted by Gasteiger charge is 2.24. The van der Waals surface area contributed by atoms with E-state index < -0.39 is 6.04 Å². The van der Waals surface area contributed by atoms with Crippen molar-refractivity contribution >= 4 is 34.6 Å². The molecule has 19 heavy (non-hydrogen) atoms. The summed E-state index contributed by atoms with van der Waals surface area (Å²) in [4.78, 5) is 16.2. The Morgan fingerprint density at radius 3 is 2.89 bits per heavy atom. The Hall–Kier alpha value is -1.59. The van der Waals surface area contributed by atoms with E-state index in [9.17, 15) is 4.79 Å². The molecule has 4 nitrogen and oxygen atoms in total. The van der Waals surface area contributed by atoms with E-state index in [-0.39, 0.29) is 5.97 Å². The summed E-state index contributed by atoms with van der Waals surface area (Å²) < 4.78 is 4.81. The highest BCUT2D eigenvalue weighted by Crippen LogP contribution is 2.25. The number of thiazole rings is 1. The number of methoxy groups -OCH3 is 1. The van der Waals surface area contributed by atoms with Gasteiger partial charge in [0, 0.05) is 21.8 Å². The number of carbonyl (C=O) groups excluding carboxylic acids is 1. The molecule has 0 spiro atoms. The number of rotatable bonds is 4. The second-order valence-corrected chi connectivity index (χ2v) is 5.26. The van der Waals surface area contributed by atoms with Crippen LogP contribution in [0, 0.1) is 6.92 Å². The monoisotopic (exact) mass is 296 g/mol. The summed E-state index contributed by atoms with van der Waals surface area (Å²) in [6.07, 6.45) is 0. The summed E-state index contributed by atoms with van der Waals surface area (Å²) in [5.74, 6) is -0.380. The Kier molecular flexibility index (Phi) is 4.39. The smallest absolute Gasteiger partial charge is 0.335 e. The van der Waals surface area contributed by atoms with Gasteiger partial charge in [0.2, 0.25) is 0 Å². The molecule has 1 N–H and O–H groups in total. The highest BCUT2D eigenvalue weighted by atomic mass is 35.5. The standard InChI is InChI=1S/C13H13ClN2O2S/c1-8-7-19-12(15-8)11(13(17)18-2)16-10-5-3-4-9(14)6-10/h3-7,11,16H,1-2H3. The summed E-state index contributed by atoms with van der Waals surface area (Å²) in [7, 11) is 1.36. The van der Waals surface area contributed by atoms with Crippen LogP contribution in [0.2, 0.25) is 5.02 Å². The maximum atomic E-state index is 11.9. The largest absolute Gasteiger partial charge is 0.467 e. The molecule has 1 unspecified atom stereocenters. The lowest BCUT2D eigenvalue weighted by atomic mass is 10.2. The molecule has 2 rings (SSSR count). The molecule has 1 aromatic carbocycles. The zero-order chi connectivity index (χ0) is 13.8. The van der Waals surface area contributed by atoms with Crippen molar-refractivity contribution in [2.45, 2.75) is 13.0 Å². The molecular weight excluding hydrogens is 284 g/mol. The normalized spacial score (nSPS) is 11.9. The van der Waals surface area contributed by atoms with E-state index in [0.717, 1.165) is 11.4 Å². The molecule has 100 valence electrons. The van der Waals surface area contributed by atoms with Crippen molar-refractivity contribution in [2.75, 3.05) is 12.4 Å². The van der Waals surface area contributed by atoms with Crippen molar-refractivity contribution in [1.82, 2.24) is 4.98 Å². The Morgan fingerprint density at radius 1 is 1.53 bits per heavy atom. The first kappa shape index (κ1) is 13.8. The molecule has 6 heteroatoms. The molecule has 0 amide bonds. The van der Waals surface area contributed by atoms with Gasteiger partial charge < -0.3 is 10.1 Å². The fourth-order valence-electron chi connectivity index (χ4n) is 1.59. The molecule has 0 fully saturated rings. The van der Waals surface area contributed by atoms with Crippen molar-refractivity contribution < 1.29 is 9.53 Å². The number of benzene rings is 1. The van der Waals surface area contributed by atoms with E-state index in [1.165, 1.54) is 18.4 Å². The Labute approximate surface area is 120 Å². The van der Waals surface area contributed by atoms with Crippen LogP contribution in [0.25, 0.3) is 0 Å². The molecule has 0 aliphatic heterocycles. The third-order valence-electron chi connectivity index (χ3n) is 2.46. The van der Waals surface area contributed by atoms with Crippen LogP contribution in [-0.4, -0.2) is 18.1 Å². The minimum atomic E-state index is -0.623. The molecule has 1 heterocycles. The molecule has 0 saturated carbocycles. The van der Waals surface area contributed by atoms with E-state index >= 15 is 0 Å². The van der Waals surface area contributed by atoms with Crippen LogP contribution in [0.15, 0.2) is 29.6 Å². The molecule has 0 aliphatic rings. The van der Waals surface area contributed by atoms with Crippen LogP contribution >= 0.6 is 22.9 Å². The van der Waals surface area contributed by atoms with Crippen molar-refractivity contribution in [3.8, 4) is 0 Å². The minimum Gasteiger partial charge on any atom is -0.467 e. The summed E-state index contributed by atoms with van der Waals surface area (Å²) >= 11 is 7.34. The van der Waals surface area contributed by atoms with Crippen molar-refractivity contribution in [2.24, 2.45) is 0 Å². The zero-order valence-electron chi connectivity index (χ0n) is 10.5. The van der Waals surface area contributed by atoms with Gasteiger partial charge in [-0.2, -0.15) is 0 Å². The van der Waals surface area contributed by atoms with Gasteiger partial charge in [0.05, 0.1) is 7.11 Å². The lowest BCUT2D eigenvalue weighted by molar-refractivity contribution is -0.141. The van der Waals surface area contributed by atoms with Crippen LogP contribution in [-0.2, 0) is 9.53 Å². The fourth-order valence-corrected chi connectivity index (χ4v) is 2.61. The number of carbonyl (C=O) groups is 1. The predicted octanol–water partition coefficient (Wildman–Crippen LogP) is 3.43. The summed E-state index contributed by atoms with van der Waals surface area (Å²) in [5.41, 5.74) is 1.62. The molecule has 0 radical (unpaired) electrons. The number of ether oxygens (including phenoxy) is 1. The topological polar surface area (TPSA) is 51.2 Å². The fraction of sp³-hybridized carbons (Fsp3) is 0.231. The molecule has 1 atom stereocenters. The van der Waals surface area contributed by atoms with Gasteiger partial charge >= 0.3 is 5.97 Å². The highest BCUT2D eigenvalue weighted by molar-refractivity contribution is 7.09. The predicted molar refractivity (Wildman–Crippen MR) is 76.7 cm³/mol. The van der Waals surface area contributed by atoms with Crippen LogP contribution in [0.5, 0.6) is 0 Å². The quantitative estimate of drug-likeness (QED) is 0.878. The number of anilines is 1. The first-order valence-electron chi connectivity index (χ1n) is 5.62. The number of esters is 1. The van der Waals surface area contributed by atoms with E-state index in [0.29, 0.717) is 10.0 Å². The number of halogens is 1. The van der Waals surface area contributed by atoms with Gasteiger partial charge in [0.15, 0.2) is 6.04 Å². The third-order valence-corrected chi connectivity index (χ3v) is 3.72. The van der Waals surface area contributed by atoms with Gasteiger partial charge in [0.25, 0.3) is 0 Å². The number of aromatic nitrogens is 1. The second-order valence-electron chi connectivity index (χ2n) is 3.94. The van der Waals surface area contributed by atoms with E-state index in [2.05, 4.69) is 10.3 Å². The van der Waals surface area contributed by atoms with Gasteiger partial charge in [-0.05, 0) is 25.1 Å². The first-order chi connectivity index (χ1) is 9.10. The second kappa shape index (κ2) is 6.04.